The second kappa shape index (κ2) is 6.09. The predicted octanol–water partition coefficient (Wildman–Crippen LogP) is 2.39. The van der Waals surface area contributed by atoms with Crippen LogP contribution in [-0.4, -0.2) is 21.9 Å². The number of hydrogen-bond acceptors (Lipinski definition) is 6. The van der Waals surface area contributed by atoms with Crippen molar-refractivity contribution in [2.75, 3.05) is 5.73 Å². The summed E-state index contributed by atoms with van der Waals surface area (Å²) in [4.78, 5) is 8.71. The summed E-state index contributed by atoms with van der Waals surface area (Å²) in [6, 6.07) is 3.76. The minimum Gasteiger partial charge on any atom is -0.383 e. The predicted molar refractivity (Wildman–Crippen MR) is 89.5 cm³/mol. The highest BCUT2D eigenvalue weighted by Gasteiger charge is 2.22. The monoisotopic (exact) mass is 348 g/mol. The van der Waals surface area contributed by atoms with Crippen LogP contribution in [0.5, 0.6) is 0 Å². The molecule has 21 heavy (non-hydrogen) atoms. The van der Waals surface area contributed by atoms with E-state index in [1.54, 1.807) is 6.21 Å². The number of hydrazone groups is 1. The van der Waals surface area contributed by atoms with Crippen LogP contribution in [0.15, 0.2) is 50.5 Å². The largest absolute Gasteiger partial charge is 0.383 e. The van der Waals surface area contributed by atoms with Crippen LogP contribution in [0.1, 0.15) is 19.5 Å². The van der Waals surface area contributed by atoms with Crippen LogP contribution in [0, 0.1) is 0 Å². The molecule has 1 aromatic rings. The van der Waals surface area contributed by atoms with Crippen molar-refractivity contribution in [3.8, 4) is 0 Å². The summed E-state index contributed by atoms with van der Waals surface area (Å²) >= 11 is 3.33. The lowest BCUT2D eigenvalue weighted by atomic mass is 10.0. The summed E-state index contributed by atoms with van der Waals surface area (Å²) < 4.78 is 0.771. The highest BCUT2D eigenvalue weighted by atomic mass is 79.9. The Labute approximate surface area is 132 Å². The first-order valence-corrected chi connectivity index (χ1v) is 7.16. The lowest BCUT2D eigenvalue weighted by molar-refractivity contribution is 0.438. The Hall–Kier alpha value is -2.15. The molecule has 2 heterocycles. The van der Waals surface area contributed by atoms with Gasteiger partial charge in [-0.1, -0.05) is 6.58 Å². The van der Waals surface area contributed by atoms with Gasteiger partial charge in [0.05, 0.1) is 4.47 Å². The standard InChI is InChI=1S/C14H17BrN6/c1-4-18-21-9(3)19-8(2)11(14(21)17)7-10-5-6-12(15)13(16)20-10/h4-6H,3,7,17H2,1-2H3,(H2,16,20)/b18-4-. The van der Waals surface area contributed by atoms with Gasteiger partial charge >= 0.3 is 0 Å². The zero-order chi connectivity index (χ0) is 15.6. The third kappa shape index (κ3) is 3.13. The molecule has 0 saturated heterocycles. The van der Waals surface area contributed by atoms with Crippen LogP contribution in [0.2, 0.25) is 0 Å². The molecular weight excluding hydrogens is 332 g/mol. The van der Waals surface area contributed by atoms with Gasteiger partial charge in [0, 0.05) is 29.6 Å². The van der Waals surface area contributed by atoms with Gasteiger partial charge in [0.25, 0.3) is 0 Å². The molecule has 0 aliphatic carbocycles. The minimum atomic E-state index is 0.449. The van der Waals surface area contributed by atoms with E-state index in [1.807, 2.05) is 26.0 Å². The highest BCUT2D eigenvalue weighted by Crippen LogP contribution is 2.24. The van der Waals surface area contributed by atoms with Crippen molar-refractivity contribution >= 4 is 33.7 Å². The Morgan fingerprint density at radius 3 is 2.76 bits per heavy atom. The first-order valence-electron chi connectivity index (χ1n) is 6.36. The average Bonchev–Trinajstić information content (AvgIpc) is 2.43. The van der Waals surface area contributed by atoms with Crippen molar-refractivity contribution in [1.29, 1.82) is 0 Å². The quantitative estimate of drug-likeness (QED) is 0.820. The summed E-state index contributed by atoms with van der Waals surface area (Å²) in [7, 11) is 0. The van der Waals surface area contributed by atoms with Crippen molar-refractivity contribution < 1.29 is 0 Å². The maximum Gasteiger partial charge on any atom is 0.148 e. The van der Waals surface area contributed by atoms with E-state index in [0.29, 0.717) is 23.9 Å². The van der Waals surface area contributed by atoms with Crippen molar-refractivity contribution in [3.05, 3.63) is 46.1 Å². The second-order valence-electron chi connectivity index (χ2n) is 4.51. The Morgan fingerprint density at radius 1 is 1.43 bits per heavy atom. The molecule has 7 heteroatoms. The first-order chi connectivity index (χ1) is 9.93. The van der Waals surface area contributed by atoms with Gasteiger partial charge in [-0.05, 0) is 41.9 Å². The van der Waals surface area contributed by atoms with E-state index in [-0.39, 0.29) is 0 Å². The van der Waals surface area contributed by atoms with Crippen LogP contribution in [0.25, 0.3) is 0 Å². The maximum absolute atomic E-state index is 6.19. The first kappa shape index (κ1) is 15.2. The van der Waals surface area contributed by atoms with Crippen molar-refractivity contribution in [2.45, 2.75) is 20.3 Å². The number of halogens is 1. The third-order valence-corrected chi connectivity index (χ3v) is 3.71. The maximum atomic E-state index is 6.19. The molecule has 1 aromatic heterocycles. The van der Waals surface area contributed by atoms with Gasteiger partial charge in [0.1, 0.15) is 17.5 Å². The molecule has 0 atom stereocenters. The summed E-state index contributed by atoms with van der Waals surface area (Å²) in [5.41, 5.74) is 14.5. The molecule has 0 saturated carbocycles. The van der Waals surface area contributed by atoms with Crippen molar-refractivity contribution in [1.82, 2.24) is 9.99 Å². The second-order valence-corrected chi connectivity index (χ2v) is 5.36. The molecule has 0 unspecified atom stereocenters. The molecular formula is C14H17BrN6. The lowest BCUT2D eigenvalue weighted by Gasteiger charge is -2.26. The molecule has 1 aliphatic heterocycles. The van der Waals surface area contributed by atoms with Gasteiger partial charge in [0.2, 0.25) is 0 Å². The summed E-state index contributed by atoms with van der Waals surface area (Å²) in [5.74, 6) is 1.45. The zero-order valence-electron chi connectivity index (χ0n) is 12.0. The molecule has 0 fully saturated rings. The van der Waals surface area contributed by atoms with E-state index in [0.717, 1.165) is 21.5 Å². The number of anilines is 1. The smallest absolute Gasteiger partial charge is 0.148 e. The third-order valence-electron chi connectivity index (χ3n) is 3.03. The highest BCUT2D eigenvalue weighted by molar-refractivity contribution is 9.10. The number of hydrogen-bond donors (Lipinski definition) is 2. The minimum absolute atomic E-state index is 0.449. The summed E-state index contributed by atoms with van der Waals surface area (Å²) in [6.07, 6.45) is 2.17. The van der Waals surface area contributed by atoms with E-state index in [9.17, 15) is 0 Å². The molecule has 4 N–H and O–H groups in total. The molecule has 0 amide bonds. The number of rotatable bonds is 3. The molecule has 0 aromatic carbocycles. The summed E-state index contributed by atoms with van der Waals surface area (Å²) in [5, 5.41) is 5.69. The lowest BCUT2D eigenvalue weighted by Crippen LogP contribution is -2.29. The van der Waals surface area contributed by atoms with Crippen molar-refractivity contribution in [3.63, 3.8) is 0 Å². The molecule has 0 radical (unpaired) electrons. The van der Waals surface area contributed by atoms with Crippen LogP contribution in [-0.2, 0) is 6.42 Å². The topological polar surface area (TPSA) is 92.9 Å². The molecule has 1 aliphatic rings. The number of allylic oxidation sites excluding steroid dienone is 1. The fourth-order valence-electron chi connectivity index (χ4n) is 2.00. The number of nitrogen functional groups attached to an aromatic ring is 1. The fourth-order valence-corrected chi connectivity index (χ4v) is 2.22. The van der Waals surface area contributed by atoms with E-state index in [2.05, 4.69) is 37.6 Å². The van der Waals surface area contributed by atoms with Crippen molar-refractivity contribution in [2.24, 2.45) is 15.8 Å². The number of aliphatic imine (C=N–C) groups is 1. The number of nitrogens with two attached hydrogens (primary N) is 2. The van der Waals surface area contributed by atoms with Gasteiger partial charge in [-0.3, -0.25) is 0 Å². The number of nitrogens with zero attached hydrogens (tertiary/aromatic N) is 4. The SMILES string of the molecule is C=C1N=C(C)C(Cc2ccc(Br)c(N)n2)=C(N)N1/N=C\C. The van der Waals surface area contributed by atoms with Gasteiger partial charge in [0.15, 0.2) is 0 Å². The molecule has 2 rings (SSSR count). The van der Waals surface area contributed by atoms with Gasteiger partial charge in [-0.25, -0.2) is 15.0 Å². The molecule has 0 bridgehead atoms. The van der Waals surface area contributed by atoms with Gasteiger partial charge in [-0.2, -0.15) is 5.10 Å². The van der Waals surface area contributed by atoms with Crippen LogP contribution < -0.4 is 11.5 Å². The zero-order valence-corrected chi connectivity index (χ0v) is 13.6. The number of pyridine rings is 1. The Bertz CT molecular complexity index is 674. The van der Waals surface area contributed by atoms with Crippen LogP contribution in [0.3, 0.4) is 0 Å². The van der Waals surface area contributed by atoms with E-state index < -0.39 is 0 Å². The number of aromatic nitrogens is 1. The average molecular weight is 349 g/mol. The Morgan fingerprint density at radius 2 is 2.14 bits per heavy atom. The van der Waals surface area contributed by atoms with E-state index in [1.165, 1.54) is 5.01 Å². The summed E-state index contributed by atoms with van der Waals surface area (Å²) in [6.45, 7) is 7.55. The molecule has 110 valence electrons. The van der Waals surface area contributed by atoms with Crippen LogP contribution in [0.4, 0.5) is 5.82 Å². The molecule has 0 spiro atoms. The van der Waals surface area contributed by atoms with E-state index in [4.69, 9.17) is 11.5 Å². The molecule has 6 nitrogen and oxygen atoms in total. The van der Waals surface area contributed by atoms with Crippen LogP contribution >= 0.6 is 15.9 Å². The van der Waals surface area contributed by atoms with E-state index >= 15 is 0 Å². The van der Waals surface area contributed by atoms with Gasteiger partial charge < -0.3 is 11.5 Å². The Kier molecular flexibility index (Phi) is 4.42. The normalized spacial score (nSPS) is 15.9. The fraction of sp³-hybridized carbons (Fsp3) is 0.214. The van der Waals surface area contributed by atoms with Gasteiger partial charge in [-0.15, -0.1) is 0 Å². The Balaban J connectivity index is 2.38.